The minimum Gasteiger partial charge on any atom is -0.459 e. The van der Waals surface area contributed by atoms with Crippen molar-refractivity contribution in [3.8, 4) is 0 Å². The third kappa shape index (κ3) is 9.12. The van der Waals surface area contributed by atoms with Crippen LogP contribution < -0.4 is 5.32 Å². The average Bonchev–Trinajstić information content (AvgIpc) is 3.03. The van der Waals surface area contributed by atoms with Crippen molar-refractivity contribution in [1.82, 2.24) is 5.32 Å². The minimum atomic E-state index is -1.26. The van der Waals surface area contributed by atoms with Crippen LogP contribution in [0.4, 0.5) is 0 Å². The van der Waals surface area contributed by atoms with Gasteiger partial charge in [0.15, 0.2) is 12.2 Å². The zero-order chi connectivity index (χ0) is 32.4. The summed E-state index contributed by atoms with van der Waals surface area (Å²) >= 11 is 0. The van der Waals surface area contributed by atoms with Crippen molar-refractivity contribution in [2.24, 2.45) is 5.41 Å². The summed E-state index contributed by atoms with van der Waals surface area (Å²) in [6, 6.07) is 24.9. The maximum absolute atomic E-state index is 13.4. The molecule has 0 unspecified atom stereocenters. The average molecular weight is 614 g/mol. The number of hydrogen-bond donors (Lipinski definition) is 1. The molecule has 9 heteroatoms. The third-order valence-electron chi connectivity index (χ3n) is 7.27. The lowest BCUT2D eigenvalue weighted by Gasteiger charge is -2.46. The number of rotatable bonds is 11. The number of benzene rings is 3. The Morgan fingerprint density at radius 1 is 0.778 bits per heavy atom. The lowest BCUT2D eigenvalue weighted by atomic mass is 9.88. The van der Waals surface area contributed by atoms with Gasteiger partial charge in [-0.2, -0.15) is 0 Å². The van der Waals surface area contributed by atoms with Crippen molar-refractivity contribution in [2.45, 2.75) is 64.1 Å². The number of carbonyl (C=O) groups is 4. The molecule has 9 nitrogen and oxygen atoms in total. The summed E-state index contributed by atoms with van der Waals surface area (Å²) in [5.74, 6) is -2.22. The van der Waals surface area contributed by atoms with Gasteiger partial charge >= 0.3 is 17.9 Å². The molecule has 1 aliphatic heterocycles. The number of nitrogens with one attached hydrogen (secondary N) is 1. The number of hydrogen-bond acceptors (Lipinski definition) is 8. The second-order valence-electron chi connectivity index (χ2n) is 11.8. The minimum absolute atomic E-state index is 0.0583. The molecule has 45 heavy (non-hydrogen) atoms. The first-order valence-electron chi connectivity index (χ1n) is 14.9. The third-order valence-corrected chi connectivity index (χ3v) is 7.27. The van der Waals surface area contributed by atoms with Crippen LogP contribution in [0.25, 0.3) is 0 Å². The summed E-state index contributed by atoms with van der Waals surface area (Å²) in [6.45, 7) is 8.78. The van der Waals surface area contributed by atoms with E-state index in [0.717, 1.165) is 5.56 Å². The molecule has 1 heterocycles. The summed E-state index contributed by atoms with van der Waals surface area (Å²) in [6.07, 6.45) is -2.44. The fourth-order valence-electron chi connectivity index (χ4n) is 4.88. The van der Waals surface area contributed by atoms with E-state index in [4.69, 9.17) is 18.9 Å². The van der Waals surface area contributed by atoms with E-state index in [1.807, 2.05) is 18.2 Å². The SMILES string of the molecule is C=CC[C@H]1O[C@H](COC(=O)c2ccccc2)[C@@H](OC(=O)c2ccccc2)[C@H](OC(=O)Cc2ccccc2)[C@H]1NC(=O)C(C)(C)C. The van der Waals surface area contributed by atoms with Crippen molar-refractivity contribution < 1.29 is 38.1 Å². The van der Waals surface area contributed by atoms with Crippen LogP contribution in [0, 0.1) is 5.41 Å². The molecule has 0 saturated carbocycles. The van der Waals surface area contributed by atoms with Gasteiger partial charge < -0.3 is 24.3 Å². The van der Waals surface area contributed by atoms with Crippen molar-refractivity contribution in [3.63, 3.8) is 0 Å². The molecule has 1 fully saturated rings. The Morgan fingerprint density at radius 3 is 1.89 bits per heavy atom. The summed E-state index contributed by atoms with van der Waals surface area (Å²) < 4.78 is 24.1. The molecule has 0 radical (unpaired) electrons. The summed E-state index contributed by atoms with van der Waals surface area (Å²) in [5, 5.41) is 2.98. The first-order valence-corrected chi connectivity index (χ1v) is 14.9. The lowest BCUT2D eigenvalue weighted by molar-refractivity contribution is -0.210. The monoisotopic (exact) mass is 613 g/mol. The zero-order valence-electron chi connectivity index (χ0n) is 25.7. The molecule has 1 saturated heterocycles. The molecule has 5 atom stereocenters. The second-order valence-corrected chi connectivity index (χ2v) is 11.8. The van der Waals surface area contributed by atoms with Crippen LogP contribution in [-0.4, -0.2) is 60.9 Å². The summed E-state index contributed by atoms with van der Waals surface area (Å²) in [7, 11) is 0. The highest BCUT2D eigenvalue weighted by molar-refractivity contribution is 5.90. The van der Waals surface area contributed by atoms with E-state index in [-0.39, 0.29) is 30.9 Å². The molecular weight excluding hydrogens is 574 g/mol. The van der Waals surface area contributed by atoms with E-state index in [1.54, 1.807) is 99.6 Å². The standard InChI is InChI=1S/C36H39NO8/c1-5-15-27-30(37-35(41)36(2,3)4)32(44-29(38)22-24-16-9-6-10-17-24)31(45-34(40)26-20-13-8-14-21-26)28(43-27)23-42-33(39)25-18-11-7-12-19-25/h5-14,16-21,27-28,30-32H,1,15,22-23H2,2-4H3,(H,37,41)/t27-,28-,30+,31-,32-/m1/s1. The van der Waals surface area contributed by atoms with Crippen molar-refractivity contribution >= 4 is 23.8 Å². The van der Waals surface area contributed by atoms with Gasteiger partial charge in [0, 0.05) is 5.41 Å². The van der Waals surface area contributed by atoms with Crippen LogP contribution in [0.5, 0.6) is 0 Å². The van der Waals surface area contributed by atoms with Crippen LogP contribution >= 0.6 is 0 Å². The molecular formula is C36H39NO8. The van der Waals surface area contributed by atoms with Crippen LogP contribution in [-0.2, 0) is 35.0 Å². The molecule has 4 rings (SSSR count). The number of amides is 1. The second kappa shape index (κ2) is 15.3. The van der Waals surface area contributed by atoms with Gasteiger partial charge in [-0.05, 0) is 36.2 Å². The molecule has 236 valence electrons. The van der Waals surface area contributed by atoms with Gasteiger partial charge in [-0.15, -0.1) is 6.58 Å². The largest absolute Gasteiger partial charge is 0.459 e. The normalized spacial score (nSPS) is 21.2. The molecule has 1 amide bonds. The molecule has 0 bridgehead atoms. The highest BCUT2D eigenvalue weighted by atomic mass is 16.6. The summed E-state index contributed by atoms with van der Waals surface area (Å²) in [4.78, 5) is 53.0. The topological polar surface area (TPSA) is 117 Å². The van der Waals surface area contributed by atoms with Crippen LogP contribution in [0.15, 0.2) is 104 Å². The molecule has 0 aliphatic carbocycles. The smallest absolute Gasteiger partial charge is 0.338 e. The van der Waals surface area contributed by atoms with Crippen LogP contribution in [0.2, 0.25) is 0 Å². The van der Waals surface area contributed by atoms with E-state index < -0.39 is 53.8 Å². The van der Waals surface area contributed by atoms with E-state index in [1.165, 1.54) is 0 Å². The predicted octanol–water partition coefficient (Wildman–Crippen LogP) is 5.10. The van der Waals surface area contributed by atoms with Gasteiger partial charge in [0.05, 0.1) is 29.7 Å². The maximum atomic E-state index is 13.4. The van der Waals surface area contributed by atoms with Gasteiger partial charge in [0.25, 0.3) is 0 Å². The Balaban J connectivity index is 1.71. The molecule has 3 aromatic carbocycles. The van der Waals surface area contributed by atoms with Gasteiger partial charge in [-0.1, -0.05) is 93.6 Å². The van der Waals surface area contributed by atoms with Crippen LogP contribution in [0.3, 0.4) is 0 Å². The van der Waals surface area contributed by atoms with Crippen LogP contribution in [0.1, 0.15) is 53.5 Å². The summed E-state index contributed by atoms with van der Waals surface area (Å²) in [5.41, 5.74) is 0.513. The highest BCUT2D eigenvalue weighted by Gasteiger charge is 2.51. The number of esters is 3. The van der Waals surface area contributed by atoms with Gasteiger partial charge in [0.2, 0.25) is 5.91 Å². The fourth-order valence-corrected chi connectivity index (χ4v) is 4.88. The van der Waals surface area contributed by atoms with Crippen molar-refractivity contribution in [1.29, 1.82) is 0 Å². The lowest BCUT2D eigenvalue weighted by Crippen LogP contribution is -2.67. The van der Waals surface area contributed by atoms with Gasteiger partial charge in [0.1, 0.15) is 12.7 Å². The Bertz CT molecular complexity index is 1450. The molecule has 0 aromatic heterocycles. The Labute approximate surface area is 263 Å². The molecule has 0 spiro atoms. The highest BCUT2D eigenvalue weighted by Crippen LogP contribution is 2.31. The van der Waals surface area contributed by atoms with Gasteiger partial charge in [-0.25, -0.2) is 9.59 Å². The zero-order valence-corrected chi connectivity index (χ0v) is 25.7. The first kappa shape index (κ1) is 33.1. The van der Waals surface area contributed by atoms with E-state index in [9.17, 15) is 19.2 Å². The van der Waals surface area contributed by atoms with Gasteiger partial charge in [-0.3, -0.25) is 9.59 Å². The Morgan fingerprint density at radius 2 is 1.33 bits per heavy atom. The molecule has 1 N–H and O–H groups in total. The number of carbonyl (C=O) groups excluding carboxylic acids is 4. The molecule has 1 aliphatic rings. The van der Waals surface area contributed by atoms with Crippen molar-refractivity contribution in [3.05, 3.63) is 120 Å². The number of ether oxygens (including phenoxy) is 4. The first-order chi connectivity index (χ1) is 21.6. The molecule has 3 aromatic rings. The Hall–Kier alpha value is -4.76. The fraction of sp³-hybridized carbons (Fsp3) is 0.333. The van der Waals surface area contributed by atoms with E-state index in [0.29, 0.717) is 5.56 Å². The van der Waals surface area contributed by atoms with E-state index >= 15 is 0 Å². The quantitative estimate of drug-likeness (QED) is 0.180. The maximum Gasteiger partial charge on any atom is 0.338 e. The Kier molecular flexibility index (Phi) is 11.3. The van der Waals surface area contributed by atoms with E-state index in [2.05, 4.69) is 11.9 Å². The predicted molar refractivity (Wildman–Crippen MR) is 167 cm³/mol. The van der Waals surface area contributed by atoms with Crippen molar-refractivity contribution in [2.75, 3.05) is 6.61 Å².